The summed E-state index contributed by atoms with van der Waals surface area (Å²) >= 11 is 0. The van der Waals surface area contributed by atoms with E-state index in [2.05, 4.69) is 15.3 Å². The van der Waals surface area contributed by atoms with Crippen LogP contribution in [0, 0.1) is 30.6 Å². The predicted molar refractivity (Wildman–Crippen MR) is 216 cm³/mol. The number of hydrogen-bond acceptors (Lipinski definition) is 15. The lowest BCUT2D eigenvalue weighted by atomic mass is 9.78. The third-order valence-electron chi connectivity index (χ3n) is 11.8. The van der Waals surface area contributed by atoms with Gasteiger partial charge in [-0.1, -0.05) is 45.9 Å². The molecule has 1 aromatic carbocycles. The number of ether oxygens (including phenoxy) is 4. The van der Waals surface area contributed by atoms with Crippen molar-refractivity contribution in [3.05, 3.63) is 69.7 Å². The lowest BCUT2D eigenvalue weighted by Gasteiger charge is -2.38. The summed E-state index contributed by atoms with van der Waals surface area (Å²) < 4.78 is 23.5. The number of hydrogen-bond donors (Lipinski definition) is 4. The number of fused-ring (bicyclic) bond motifs is 14. The van der Waals surface area contributed by atoms with E-state index >= 15 is 0 Å². The number of carbonyl (C=O) groups is 5. The first-order chi connectivity index (χ1) is 27.7. The van der Waals surface area contributed by atoms with Crippen molar-refractivity contribution >= 4 is 35.4 Å². The first-order valence-corrected chi connectivity index (χ1v) is 19.7. The van der Waals surface area contributed by atoms with Crippen LogP contribution in [0.1, 0.15) is 85.1 Å². The quantitative estimate of drug-likeness (QED) is 0.254. The number of allylic oxidation sites excluding steroid dienone is 4. The Hall–Kier alpha value is -5.16. The highest BCUT2D eigenvalue weighted by atomic mass is 16.7. The normalized spacial score (nSPS) is 33.3. The number of nitrogens with one attached hydrogen (secondary N) is 1. The van der Waals surface area contributed by atoms with Crippen LogP contribution in [0.5, 0.6) is 11.5 Å². The van der Waals surface area contributed by atoms with Gasteiger partial charge in [0.05, 0.1) is 53.1 Å². The number of phenols is 1. The highest BCUT2D eigenvalue weighted by Gasteiger charge is 2.52. The zero-order chi connectivity index (χ0) is 43.7. The smallest absolute Gasteiger partial charge is 0.312 e. The molecule has 1 amide bonds. The molecular weight excluding hydrogens is 764 g/mol. The maximum absolute atomic E-state index is 14.6. The van der Waals surface area contributed by atoms with Crippen LogP contribution < -0.4 is 10.1 Å². The van der Waals surface area contributed by atoms with Crippen LogP contribution in [-0.4, -0.2) is 131 Å². The second kappa shape index (κ2) is 18.0. The van der Waals surface area contributed by atoms with Crippen molar-refractivity contribution in [2.45, 2.75) is 85.6 Å². The van der Waals surface area contributed by atoms with Crippen molar-refractivity contribution in [3.8, 4) is 11.5 Å². The van der Waals surface area contributed by atoms with Gasteiger partial charge in [-0.2, -0.15) is 5.10 Å². The molecule has 0 radical (unpaired) electrons. The van der Waals surface area contributed by atoms with E-state index in [4.69, 9.17) is 18.9 Å². The number of benzene rings is 1. The van der Waals surface area contributed by atoms with Gasteiger partial charge in [0, 0.05) is 81.9 Å². The van der Waals surface area contributed by atoms with E-state index in [0.717, 1.165) is 0 Å². The molecule has 9 atom stereocenters. The molecule has 1 saturated heterocycles. The van der Waals surface area contributed by atoms with Gasteiger partial charge in [-0.3, -0.25) is 29.0 Å². The van der Waals surface area contributed by atoms with Gasteiger partial charge in [-0.05, 0) is 27.0 Å². The number of aliphatic hydroxyl groups is 2. The summed E-state index contributed by atoms with van der Waals surface area (Å²) in [5, 5.41) is 43.1. The summed E-state index contributed by atoms with van der Waals surface area (Å²) in [6.07, 6.45) is 4.56. The number of Topliss-reactive ketones (excluding diaryl/α,β-unsaturated/α-hetero) is 3. The summed E-state index contributed by atoms with van der Waals surface area (Å²) in [4.78, 5) is 71.6. The van der Waals surface area contributed by atoms with Crippen molar-refractivity contribution in [3.63, 3.8) is 0 Å². The Bertz CT molecular complexity index is 2030. The fourth-order valence-corrected chi connectivity index (χ4v) is 7.89. The van der Waals surface area contributed by atoms with Crippen LogP contribution in [0.15, 0.2) is 52.5 Å². The molecule has 0 unspecified atom stereocenters. The number of likely N-dealkylation sites (N-methyl/N-ethyl adjacent to an activating group) is 1. The van der Waals surface area contributed by atoms with Gasteiger partial charge in [0.2, 0.25) is 5.78 Å². The molecule has 6 rings (SSSR count). The Morgan fingerprint density at radius 1 is 0.949 bits per heavy atom. The molecule has 0 saturated carbocycles. The second-order valence-corrected chi connectivity index (χ2v) is 16.1. The summed E-state index contributed by atoms with van der Waals surface area (Å²) in [6.45, 7) is 14.8. The average molecular weight is 821 g/mol. The third kappa shape index (κ3) is 8.91. The monoisotopic (exact) mass is 820 g/mol. The largest absolute Gasteiger partial charge is 0.507 e. The average Bonchev–Trinajstić information content (AvgIpc) is 3.46. The minimum Gasteiger partial charge on any atom is -0.507 e. The van der Waals surface area contributed by atoms with Crippen molar-refractivity contribution in [1.82, 2.24) is 15.2 Å². The number of esters is 1. The van der Waals surface area contributed by atoms with Gasteiger partial charge in [0.1, 0.15) is 23.3 Å². The first-order valence-electron chi connectivity index (χ1n) is 19.7. The molecule has 1 aliphatic carbocycles. The van der Waals surface area contributed by atoms with Gasteiger partial charge < -0.3 is 44.5 Å². The highest BCUT2D eigenvalue weighted by molar-refractivity contribution is 6.37. The zero-order valence-electron chi connectivity index (χ0n) is 35.3. The molecule has 1 fully saturated rings. The van der Waals surface area contributed by atoms with Crippen LogP contribution in [0.3, 0.4) is 0 Å². The SMILES string of the molecule is CO[C@H]1/C=C\O[C@@]2(C)Oc3c(C)c(O)c4c(c3C2=O)C(=O)C(/C=N\N2CCN(C)CC2)=C(NC(=O)/C(C)=C\C=C/[C@H](C)[C@H](O)[C@@H](C)[C@@H](O)[C@@H](C)[C@H](OC(C)=O)[C@@H]1C)C4=O. The van der Waals surface area contributed by atoms with Crippen molar-refractivity contribution in [2.24, 2.45) is 28.8 Å². The van der Waals surface area contributed by atoms with Crippen LogP contribution in [0.2, 0.25) is 0 Å². The predicted octanol–water partition coefficient (Wildman–Crippen LogP) is 3.23. The number of piperazine rings is 1. The summed E-state index contributed by atoms with van der Waals surface area (Å²) in [7, 11) is 3.39. The molecule has 16 nitrogen and oxygen atoms in total. The maximum atomic E-state index is 14.6. The topological polar surface area (TPSA) is 214 Å². The molecule has 5 bridgehead atoms. The molecule has 4 aliphatic heterocycles. The number of carbonyl (C=O) groups excluding carboxylic acids is 5. The molecule has 4 N–H and O–H groups in total. The number of methoxy groups -OCH3 is 1. The van der Waals surface area contributed by atoms with Crippen LogP contribution in [0.25, 0.3) is 0 Å². The van der Waals surface area contributed by atoms with E-state index in [0.29, 0.717) is 26.2 Å². The molecule has 0 aromatic heterocycles. The number of amides is 1. The lowest BCUT2D eigenvalue weighted by molar-refractivity contribution is -0.160. The van der Waals surface area contributed by atoms with Gasteiger partial charge in [0.15, 0.2) is 5.78 Å². The number of nitrogens with zero attached hydrogens (tertiary/aromatic N) is 3. The van der Waals surface area contributed by atoms with Crippen LogP contribution >= 0.6 is 0 Å². The second-order valence-electron chi connectivity index (χ2n) is 16.1. The van der Waals surface area contributed by atoms with Gasteiger partial charge in [-0.15, -0.1) is 0 Å². The summed E-state index contributed by atoms with van der Waals surface area (Å²) in [5.41, 5.74) is -1.82. The molecule has 4 heterocycles. The molecule has 16 heteroatoms. The zero-order valence-corrected chi connectivity index (χ0v) is 35.3. The molecule has 0 spiro atoms. The van der Waals surface area contributed by atoms with E-state index in [1.54, 1.807) is 44.9 Å². The highest BCUT2D eigenvalue weighted by Crippen LogP contribution is 2.48. The first kappa shape index (κ1) is 44.9. The van der Waals surface area contributed by atoms with Gasteiger partial charge in [-0.25, -0.2) is 0 Å². The van der Waals surface area contributed by atoms with Crippen molar-refractivity contribution in [2.75, 3.05) is 40.3 Å². The molecule has 320 valence electrons. The Morgan fingerprint density at radius 2 is 1.61 bits per heavy atom. The molecule has 5 aliphatic rings. The number of aromatic hydroxyl groups is 1. The van der Waals surface area contributed by atoms with Gasteiger partial charge in [0.25, 0.3) is 11.7 Å². The number of hydrazone groups is 1. The van der Waals surface area contributed by atoms with Crippen LogP contribution in [0.4, 0.5) is 0 Å². The third-order valence-corrected chi connectivity index (χ3v) is 11.8. The fourth-order valence-electron chi connectivity index (χ4n) is 7.89. The number of phenolic OH excluding ortho intramolecular Hbond substituents is 1. The maximum Gasteiger partial charge on any atom is 0.312 e. The Kier molecular flexibility index (Phi) is 13.7. The minimum atomic E-state index is -2.09. The number of rotatable bonds is 4. The Morgan fingerprint density at radius 3 is 2.24 bits per heavy atom. The Labute approximate surface area is 344 Å². The summed E-state index contributed by atoms with van der Waals surface area (Å²) in [6, 6.07) is 0. The molecule has 1 aromatic rings. The molecule has 59 heavy (non-hydrogen) atoms. The van der Waals surface area contributed by atoms with Gasteiger partial charge >= 0.3 is 11.8 Å². The number of aliphatic hydroxyl groups excluding tert-OH is 2. The number of ketones is 3. The lowest BCUT2D eigenvalue weighted by Crippen LogP contribution is -2.46. The molecular formula is C43H56N4O12. The van der Waals surface area contributed by atoms with Crippen molar-refractivity contribution < 1.29 is 58.2 Å². The van der Waals surface area contributed by atoms with E-state index in [9.17, 15) is 39.3 Å². The minimum absolute atomic E-state index is 0.0118. The van der Waals surface area contributed by atoms with E-state index < -0.39 is 106 Å². The van der Waals surface area contributed by atoms with E-state index in [-0.39, 0.29) is 28.0 Å². The summed E-state index contributed by atoms with van der Waals surface area (Å²) in [5.74, 6) is -9.34. The van der Waals surface area contributed by atoms with Crippen molar-refractivity contribution in [1.29, 1.82) is 0 Å². The fraction of sp³-hybridized carbons (Fsp3) is 0.535. The van der Waals surface area contributed by atoms with E-state index in [1.807, 2.05) is 7.05 Å². The Balaban J connectivity index is 1.66. The van der Waals surface area contributed by atoms with E-state index in [1.165, 1.54) is 59.4 Å². The standard InChI is InChI=1S/C43H56N4O12/c1-21-12-11-13-22(2)42(55)45-33-28(20-44-47-17-15-46(9)16-18-47)37(52)30-31(38(33)53)36(51)26(6)40-32(30)41(54)43(8,59-40)57-19-14-29(56-10)23(3)39(58-27(7)48)25(5)35(50)24(4)34(21)49/h11-14,19-21,23-25,29,34-35,39,49-51H,15-18H2,1-10H3,(H,45,55)/b12-11-,19-14-,22-13-,44-20-/t21-,23+,24+,25+,29-,34-,35+,39+,43-/m0/s1. The van der Waals surface area contributed by atoms with Crippen LogP contribution in [-0.2, 0) is 23.8 Å².